The summed E-state index contributed by atoms with van der Waals surface area (Å²) >= 11 is 6.08. The maximum atomic E-state index is 12.7. The fourth-order valence-corrected chi connectivity index (χ4v) is 4.26. The number of hydrogen-bond donors (Lipinski definition) is 2. The van der Waals surface area contributed by atoms with Crippen molar-refractivity contribution in [3.8, 4) is 0 Å². The number of amides is 2. The SMILES string of the molecule is CC(=O)c1cc(Cc2nnc(C(=O)NCc3c(C)cc(NC(=O)OC(C)(C)C)nc3C)o2)cc2cc(Cl)cnc12. The van der Waals surface area contributed by atoms with Crippen LogP contribution in [0.2, 0.25) is 5.02 Å². The summed E-state index contributed by atoms with van der Waals surface area (Å²) in [7, 11) is 0. The van der Waals surface area contributed by atoms with Crippen LogP contribution in [0.4, 0.5) is 10.6 Å². The third-order valence-corrected chi connectivity index (χ3v) is 6.02. The lowest BCUT2D eigenvalue weighted by Crippen LogP contribution is -2.28. The van der Waals surface area contributed by atoms with E-state index in [-0.39, 0.29) is 30.5 Å². The summed E-state index contributed by atoms with van der Waals surface area (Å²) in [6, 6.07) is 6.98. The Kier molecular flexibility index (Phi) is 8.15. The van der Waals surface area contributed by atoms with E-state index in [1.807, 2.05) is 13.0 Å². The number of aromatic nitrogens is 4. The number of hydrogen-bond acceptors (Lipinski definition) is 9. The van der Waals surface area contributed by atoms with Gasteiger partial charge in [-0.15, -0.1) is 10.2 Å². The van der Waals surface area contributed by atoms with Crippen molar-refractivity contribution in [2.75, 3.05) is 5.32 Å². The van der Waals surface area contributed by atoms with Gasteiger partial charge in [0.25, 0.3) is 0 Å². The Morgan fingerprint density at radius 2 is 1.82 bits per heavy atom. The van der Waals surface area contributed by atoms with Gasteiger partial charge in [-0.3, -0.25) is 19.9 Å². The Balaban J connectivity index is 1.43. The van der Waals surface area contributed by atoms with E-state index in [0.29, 0.717) is 33.0 Å². The largest absolute Gasteiger partial charge is 0.444 e. The number of aryl methyl sites for hydroxylation is 2. The number of ether oxygens (including phenoxy) is 1. The second kappa shape index (κ2) is 11.4. The number of ketones is 1. The minimum absolute atomic E-state index is 0.138. The molecular formula is C28H29ClN6O5. The van der Waals surface area contributed by atoms with Crippen LogP contribution in [0.3, 0.4) is 0 Å². The summed E-state index contributed by atoms with van der Waals surface area (Å²) < 4.78 is 10.9. The first kappa shape index (κ1) is 28.6. The van der Waals surface area contributed by atoms with E-state index in [0.717, 1.165) is 16.7 Å². The van der Waals surface area contributed by atoms with Crippen LogP contribution in [0, 0.1) is 13.8 Å². The van der Waals surface area contributed by atoms with Gasteiger partial charge in [0.1, 0.15) is 11.4 Å². The van der Waals surface area contributed by atoms with E-state index in [4.69, 9.17) is 20.8 Å². The number of Topliss-reactive ketones (excluding diaryl/α,β-unsaturated/α-hetero) is 1. The molecule has 208 valence electrons. The molecule has 0 saturated carbocycles. The molecule has 2 amide bonds. The third-order valence-electron chi connectivity index (χ3n) is 5.81. The molecule has 12 heteroatoms. The monoisotopic (exact) mass is 564 g/mol. The lowest BCUT2D eigenvalue weighted by Gasteiger charge is -2.20. The van der Waals surface area contributed by atoms with Crippen molar-refractivity contribution in [1.82, 2.24) is 25.5 Å². The van der Waals surface area contributed by atoms with Gasteiger partial charge in [0.2, 0.25) is 5.89 Å². The van der Waals surface area contributed by atoms with Crippen LogP contribution in [-0.2, 0) is 17.7 Å². The van der Waals surface area contributed by atoms with Gasteiger partial charge in [-0.25, -0.2) is 9.78 Å². The van der Waals surface area contributed by atoms with Gasteiger partial charge in [-0.05, 0) is 82.5 Å². The molecule has 0 aliphatic rings. The number of nitrogens with one attached hydrogen (secondary N) is 2. The molecule has 0 radical (unpaired) electrons. The van der Waals surface area contributed by atoms with Gasteiger partial charge in [0, 0.05) is 29.4 Å². The Morgan fingerprint density at radius 1 is 1.07 bits per heavy atom. The smallest absolute Gasteiger partial charge is 0.413 e. The van der Waals surface area contributed by atoms with Crippen LogP contribution in [0.5, 0.6) is 0 Å². The van der Waals surface area contributed by atoms with Crippen molar-refractivity contribution >= 4 is 46.1 Å². The number of halogens is 1. The summed E-state index contributed by atoms with van der Waals surface area (Å²) in [5, 5.41) is 14.4. The second-order valence-electron chi connectivity index (χ2n) is 10.3. The van der Waals surface area contributed by atoms with Crippen LogP contribution in [0.15, 0.2) is 34.9 Å². The number of anilines is 1. The summed E-state index contributed by atoms with van der Waals surface area (Å²) in [6.07, 6.45) is 1.10. The molecule has 0 bridgehead atoms. The van der Waals surface area contributed by atoms with Gasteiger partial charge >= 0.3 is 17.9 Å². The lowest BCUT2D eigenvalue weighted by molar-refractivity contribution is 0.0635. The molecule has 0 atom stereocenters. The van der Waals surface area contributed by atoms with E-state index >= 15 is 0 Å². The highest BCUT2D eigenvalue weighted by molar-refractivity contribution is 6.31. The Bertz CT molecular complexity index is 1600. The third kappa shape index (κ3) is 6.97. The second-order valence-corrected chi connectivity index (χ2v) is 10.7. The van der Waals surface area contributed by atoms with Crippen molar-refractivity contribution in [2.24, 2.45) is 0 Å². The molecule has 1 aromatic carbocycles. The van der Waals surface area contributed by atoms with Crippen LogP contribution in [-0.4, -0.2) is 43.6 Å². The van der Waals surface area contributed by atoms with Crippen molar-refractivity contribution in [1.29, 1.82) is 0 Å². The summed E-state index contributed by atoms with van der Waals surface area (Å²) in [5.41, 5.74) is 3.33. The topological polar surface area (TPSA) is 149 Å². The number of nitrogens with zero attached hydrogens (tertiary/aromatic N) is 4. The molecule has 0 spiro atoms. The Hall–Kier alpha value is -4.38. The molecule has 0 aliphatic heterocycles. The molecule has 4 aromatic rings. The molecular weight excluding hydrogens is 536 g/mol. The maximum Gasteiger partial charge on any atom is 0.413 e. The van der Waals surface area contributed by atoms with E-state index in [9.17, 15) is 14.4 Å². The molecule has 0 fully saturated rings. The van der Waals surface area contributed by atoms with E-state index in [1.54, 1.807) is 45.9 Å². The summed E-state index contributed by atoms with van der Waals surface area (Å²) in [4.78, 5) is 45.7. The quantitative estimate of drug-likeness (QED) is 0.283. The van der Waals surface area contributed by atoms with Crippen molar-refractivity contribution in [3.63, 3.8) is 0 Å². The molecule has 2 N–H and O–H groups in total. The molecule has 0 saturated heterocycles. The molecule has 3 aromatic heterocycles. The summed E-state index contributed by atoms with van der Waals surface area (Å²) in [5.74, 6) is -0.326. The average molecular weight is 565 g/mol. The predicted molar refractivity (Wildman–Crippen MR) is 149 cm³/mol. The number of rotatable bonds is 7. The molecule has 0 unspecified atom stereocenters. The molecule has 40 heavy (non-hydrogen) atoms. The first-order valence-electron chi connectivity index (χ1n) is 12.5. The van der Waals surface area contributed by atoms with Gasteiger partial charge in [0.05, 0.1) is 17.0 Å². The highest BCUT2D eigenvalue weighted by Crippen LogP contribution is 2.24. The maximum absolute atomic E-state index is 12.7. The van der Waals surface area contributed by atoms with Crippen LogP contribution >= 0.6 is 11.6 Å². The molecule has 0 aliphatic carbocycles. The van der Waals surface area contributed by atoms with E-state index < -0.39 is 17.6 Å². The van der Waals surface area contributed by atoms with Gasteiger partial charge < -0.3 is 14.5 Å². The number of fused-ring (bicyclic) bond motifs is 1. The highest BCUT2D eigenvalue weighted by atomic mass is 35.5. The van der Waals surface area contributed by atoms with Crippen LogP contribution < -0.4 is 10.6 Å². The van der Waals surface area contributed by atoms with Crippen LogP contribution in [0.1, 0.15) is 77.0 Å². The number of benzene rings is 1. The first-order chi connectivity index (χ1) is 18.8. The van der Waals surface area contributed by atoms with E-state index in [2.05, 4.69) is 30.8 Å². The van der Waals surface area contributed by atoms with Crippen LogP contribution in [0.25, 0.3) is 10.9 Å². The fraction of sp³-hybridized carbons (Fsp3) is 0.321. The van der Waals surface area contributed by atoms with Crippen molar-refractivity contribution in [3.05, 3.63) is 75.2 Å². The molecule has 11 nitrogen and oxygen atoms in total. The Labute approximate surface area is 235 Å². The minimum atomic E-state index is -0.633. The zero-order chi connectivity index (χ0) is 29.2. The zero-order valence-electron chi connectivity index (χ0n) is 23.0. The minimum Gasteiger partial charge on any atom is -0.444 e. The highest BCUT2D eigenvalue weighted by Gasteiger charge is 2.19. The van der Waals surface area contributed by atoms with Gasteiger partial charge in [-0.2, -0.15) is 0 Å². The Morgan fingerprint density at radius 3 is 2.50 bits per heavy atom. The fourth-order valence-electron chi connectivity index (χ4n) is 4.09. The number of carbonyl (C=O) groups excluding carboxylic acids is 3. The lowest BCUT2D eigenvalue weighted by atomic mass is 10.0. The molecule has 4 rings (SSSR count). The van der Waals surface area contributed by atoms with Gasteiger partial charge in [0.15, 0.2) is 5.78 Å². The predicted octanol–water partition coefficient (Wildman–Crippen LogP) is 5.35. The first-order valence-corrected chi connectivity index (χ1v) is 12.8. The van der Waals surface area contributed by atoms with Crippen molar-refractivity contribution in [2.45, 2.75) is 60.1 Å². The summed E-state index contributed by atoms with van der Waals surface area (Å²) in [6.45, 7) is 10.6. The number of carbonyl (C=O) groups is 3. The van der Waals surface area contributed by atoms with Gasteiger partial charge in [-0.1, -0.05) is 11.6 Å². The van der Waals surface area contributed by atoms with Crippen molar-refractivity contribution < 1.29 is 23.5 Å². The zero-order valence-corrected chi connectivity index (χ0v) is 23.8. The molecule has 3 heterocycles. The average Bonchev–Trinajstić information content (AvgIpc) is 3.29. The number of pyridine rings is 2. The normalized spacial score (nSPS) is 11.4. The van der Waals surface area contributed by atoms with E-state index in [1.165, 1.54) is 13.1 Å². The standard InChI is InChI=1S/C28H29ClN6O5/c1-14-7-22(33-27(38)40-28(4,5)6)32-15(2)21(14)13-31-25(37)26-35-34-23(39-26)10-17-8-18-11-19(29)12-30-24(18)20(9-17)16(3)36/h7-9,11-12H,10,13H2,1-6H3,(H,31,37)(H,32,33,38).